The van der Waals surface area contributed by atoms with Crippen LogP contribution < -0.4 is 0 Å². The van der Waals surface area contributed by atoms with Crippen molar-refractivity contribution in [1.29, 1.82) is 0 Å². The van der Waals surface area contributed by atoms with Gasteiger partial charge in [-0.15, -0.1) is 11.3 Å². The SMILES string of the molecule is CN(C)CCCOCc1nc2c(s1)-c1ccccc1Sc1ccc(F)cc1-2. The molecule has 0 saturated carbocycles. The zero-order chi connectivity index (χ0) is 18.8. The molecule has 0 atom stereocenters. The summed E-state index contributed by atoms with van der Waals surface area (Å²) in [6.07, 6.45) is 0.992. The number of rotatable bonds is 6. The molecule has 0 unspecified atom stereocenters. The molecule has 2 aromatic carbocycles. The van der Waals surface area contributed by atoms with Crippen molar-refractivity contribution in [3.05, 3.63) is 53.3 Å². The van der Waals surface area contributed by atoms with Crippen molar-refractivity contribution in [3.8, 4) is 21.7 Å². The number of hydrogen-bond acceptors (Lipinski definition) is 5. The summed E-state index contributed by atoms with van der Waals surface area (Å²) in [5, 5.41) is 0.932. The smallest absolute Gasteiger partial charge is 0.123 e. The third-order valence-corrected chi connectivity index (χ3v) is 6.55. The fraction of sp³-hybridized carbons (Fsp3) is 0.286. The average Bonchev–Trinajstić information content (AvgIpc) is 3.02. The second-order valence-corrected chi connectivity index (χ2v) is 8.90. The van der Waals surface area contributed by atoms with Gasteiger partial charge in [0, 0.05) is 27.5 Å². The van der Waals surface area contributed by atoms with E-state index in [9.17, 15) is 4.39 Å². The number of hydrogen-bond donors (Lipinski definition) is 0. The highest BCUT2D eigenvalue weighted by Gasteiger charge is 2.24. The topological polar surface area (TPSA) is 25.4 Å². The second-order valence-electron chi connectivity index (χ2n) is 6.73. The molecule has 27 heavy (non-hydrogen) atoms. The second kappa shape index (κ2) is 8.10. The predicted molar refractivity (Wildman–Crippen MR) is 110 cm³/mol. The number of thiazole rings is 1. The highest BCUT2D eigenvalue weighted by Crippen LogP contribution is 2.49. The van der Waals surface area contributed by atoms with Crippen LogP contribution in [0.4, 0.5) is 4.39 Å². The van der Waals surface area contributed by atoms with Gasteiger partial charge in [-0.3, -0.25) is 0 Å². The molecule has 1 aromatic heterocycles. The lowest BCUT2D eigenvalue weighted by atomic mass is 10.1. The van der Waals surface area contributed by atoms with Gasteiger partial charge in [-0.2, -0.15) is 0 Å². The number of ether oxygens (including phenoxy) is 1. The average molecular weight is 401 g/mol. The van der Waals surface area contributed by atoms with Crippen molar-refractivity contribution >= 4 is 23.1 Å². The monoisotopic (exact) mass is 400 g/mol. The van der Waals surface area contributed by atoms with Gasteiger partial charge in [0.05, 0.1) is 17.2 Å². The Hall–Kier alpha value is -1.73. The van der Waals surface area contributed by atoms with Gasteiger partial charge in [-0.05, 0) is 51.3 Å². The third kappa shape index (κ3) is 4.09. The molecule has 1 aliphatic rings. The van der Waals surface area contributed by atoms with E-state index in [2.05, 4.69) is 31.1 Å². The van der Waals surface area contributed by atoms with E-state index in [1.165, 1.54) is 11.0 Å². The lowest BCUT2D eigenvalue weighted by molar-refractivity contribution is 0.113. The van der Waals surface area contributed by atoms with Gasteiger partial charge >= 0.3 is 0 Å². The fourth-order valence-electron chi connectivity index (χ4n) is 3.07. The minimum absolute atomic E-state index is 0.235. The van der Waals surface area contributed by atoms with Crippen LogP contribution in [0.25, 0.3) is 21.7 Å². The maximum Gasteiger partial charge on any atom is 0.123 e. The number of nitrogens with zero attached hydrogens (tertiary/aromatic N) is 2. The standard InChI is InChI=1S/C21H21FN2OS2/c1-24(2)10-5-11-25-13-19-23-20-16-12-14(22)8-9-18(16)26-17-7-4-3-6-15(17)21(20)27-19/h3-4,6-9,12H,5,10-11,13H2,1-2H3. The summed E-state index contributed by atoms with van der Waals surface area (Å²) in [5.41, 5.74) is 2.88. The Balaban J connectivity index is 1.65. The van der Waals surface area contributed by atoms with Crippen LogP contribution in [0.1, 0.15) is 11.4 Å². The maximum atomic E-state index is 13.9. The number of fused-ring (bicyclic) bond motifs is 5. The van der Waals surface area contributed by atoms with Crippen molar-refractivity contribution in [2.75, 3.05) is 27.2 Å². The van der Waals surface area contributed by atoms with Gasteiger partial charge in [0.25, 0.3) is 0 Å². The summed E-state index contributed by atoms with van der Waals surface area (Å²) in [7, 11) is 4.12. The maximum absolute atomic E-state index is 13.9. The van der Waals surface area contributed by atoms with Crippen LogP contribution in [0, 0.1) is 5.82 Å². The normalized spacial score (nSPS) is 12.4. The van der Waals surface area contributed by atoms with Gasteiger partial charge in [0.15, 0.2) is 0 Å². The van der Waals surface area contributed by atoms with Crippen molar-refractivity contribution in [3.63, 3.8) is 0 Å². The van der Waals surface area contributed by atoms with Crippen molar-refractivity contribution < 1.29 is 9.13 Å². The molecule has 0 aliphatic carbocycles. The van der Waals surface area contributed by atoms with E-state index in [0.717, 1.165) is 44.6 Å². The minimum atomic E-state index is -0.235. The molecule has 6 heteroatoms. The molecular formula is C21H21FN2OS2. The van der Waals surface area contributed by atoms with E-state index in [0.29, 0.717) is 13.2 Å². The van der Waals surface area contributed by atoms with E-state index < -0.39 is 0 Å². The number of benzene rings is 2. The van der Waals surface area contributed by atoms with E-state index in [1.807, 2.05) is 18.2 Å². The van der Waals surface area contributed by atoms with Crippen LogP contribution >= 0.6 is 23.1 Å². The molecule has 1 aliphatic heterocycles. The van der Waals surface area contributed by atoms with Crippen LogP contribution in [-0.2, 0) is 11.3 Å². The van der Waals surface area contributed by atoms with Gasteiger partial charge in [-0.1, -0.05) is 30.0 Å². The molecule has 0 spiro atoms. The molecule has 0 saturated heterocycles. The Kier molecular flexibility index (Phi) is 5.59. The molecule has 2 heterocycles. The molecule has 4 rings (SSSR count). The number of halogens is 1. The van der Waals surface area contributed by atoms with Gasteiger partial charge < -0.3 is 9.64 Å². The van der Waals surface area contributed by atoms with E-state index >= 15 is 0 Å². The summed E-state index contributed by atoms with van der Waals surface area (Å²) in [6.45, 7) is 2.21. The molecular weight excluding hydrogens is 379 g/mol. The first-order valence-corrected chi connectivity index (χ1v) is 10.5. The summed E-state index contributed by atoms with van der Waals surface area (Å²) >= 11 is 3.31. The predicted octanol–water partition coefficient (Wildman–Crippen LogP) is 5.55. The van der Waals surface area contributed by atoms with E-state index in [-0.39, 0.29) is 5.82 Å². The Bertz CT molecular complexity index is 955. The third-order valence-electron chi connectivity index (χ3n) is 4.34. The lowest BCUT2D eigenvalue weighted by Crippen LogP contribution is -2.14. The molecule has 3 nitrogen and oxygen atoms in total. The highest BCUT2D eigenvalue weighted by molar-refractivity contribution is 7.99. The van der Waals surface area contributed by atoms with Crippen LogP contribution in [0.5, 0.6) is 0 Å². The van der Waals surface area contributed by atoms with Crippen LogP contribution in [-0.4, -0.2) is 37.1 Å². The zero-order valence-corrected chi connectivity index (χ0v) is 17.0. The lowest BCUT2D eigenvalue weighted by Gasteiger charge is -2.08. The summed E-state index contributed by atoms with van der Waals surface area (Å²) in [5.74, 6) is -0.235. The number of aromatic nitrogens is 1. The first-order chi connectivity index (χ1) is 13.1. The molecule has 0 bridgehead atoms. The molecule has 3 aromatic rings. The Labute approximate surface area is 167 Å². The van der Waals surface area contributed by atoms with Gasteiger partial charge in [0.2, 0.25) is 0 Å². The summed E-state index contributed by atoms with van der Waals surface area (Å²) in [4.78, 5) is 10.3. The van der Waals surface area contributed by atoms with Crippen LogP contribution in [0.2, 0.25) is 0 Å². The summed E-state index contributed by atoms with van der Waals surface area (Å²) < 4.78 is 19.8. The van der Waals surface area contributed by atoms with Crippen LogP contribution in [0.3, 0.4) is 0 Å². The Morgan fingerprint density at radius 1 is 1.07 bits per heavy atom. The Morgan fingerprint density at radius 2 is 1.89 bits per heavy atom. The van der Waals surface area contributed by atoms with E-state index in [4.69, 9.17) is 9.72 Å². The van der Waals surface area contributed by atoms with Gasteiger partial charge in [0.1, 0.15) is 10.8 Å². The van der Waals surface area contributed by atoms with E-state index in [1.54, 1.807) is 29.2 Å². The van der Waals surface area contributed by atoms with Crippen molar-refractivity contribution in [2.45, 2.75) is 22.8 Å². The van der Waals surface area contributed by atoms with Crippen molar-refractivity contribution in [2.24, 2.45) is 0 Å². The molecule has 140 valence electrons. The van der Waals surface area contributed by atoms with Crippen LogP contribution in [0.15, 0.2) is 52.3 Å². The quantitative estimate of drug-likeness (QED) is 0.396. The zero-order valence-electron chi connectivity index (χ0n) is 15.4. The molecule has 0 amide bonds. The highest BCUT2D eigenvalue weighted by atomic mass is 32.2. The Morgan fingerprint density at radius 3 is 2.74 bits per heavy atom. The molecule has 0 N–H and O–H groups in total. The molecule has 0 radical (unpaired) electrons. The largest absolute Gasteiger partial charge is 0.374 e. The first-order valence-electron chi connectivity index (χ1n) is 8.91. The fourth-order valence-corrected chi connectivity index (χ4v) is 5.26. The first kappa shape index (κ1) is 18.6. The van der Waals surface area contributed by atoms with Gasteiger partial charge in [-0.25, -0.2) is 9.37 Å². The van der Waals surface area contributed by atoms with Crippen molar-refractivity contribution in [1.82, 2.24) is 9.88 Å². The molecule has 0 fully saturated rings. The summed E-state index contributed by atoms with van der Waals surface area (Å²) in [6, 6.07) is 13.3. The minimum Gasteiger partial charge on any atom is -0.374 e.